The molecule has 3 N–H and O–H groups in total. The van der Waals surface area contributed by atoms with E-state index in [9.17, 15) is 0 Å². The third-order valence-corrected chi connectivity index (χ3v) is 1.66. The molecule has 1 heterocycles. The first-order valence-corrected chi connectivity index (χ1v) is 5.18. The van der Waals surface area contributed by atoms with Crippen LogP contribution in [0.3, 0.4) is 0 Å². The third-order valence-electron chi connectivity index (χ3n) is 1.66. The van der Waals surface area contributed by atoms with Crippen molar-refractivity contribution >= 4 is 0 Å². The van der Waals surface area contributed by atoms with Crippen molar-refractivity contribution in [1.29, 1.82) is 0 Å². The topological polar surface area (TPSA) is 38.0 Å². The number of nitrogens with one attached hydrogen (secondary N) is 1. The molecule has 2 nitrogen and oxygen atoms in total. The van der Waals surface area contributed by atoms with Crippen LogP contribution in [0.15, 0.2) is 36.1 Å². The maximum absolute atomic E-state index is 4.50. The lowest BCUT2D eigenvalue weighted by atomic mass is 10.1. The lowest BCUT2D eigenvalue weighted by Gasteiger charge is -1.96. The van der Waals surface area contributed by atoms with Crippen LogP contribution in [0.2, 0.25) is 0 Å². The van der Waals surface area contributed by atoms with Gasteiger partial charge in [-0.3, -0.25) is 0 Å². The second-order valence-corrected chi connectivity index (χ2v) is 2.31. The van der Waals surface area contributed by atoms with Gasteiger partial charge in [0, 0.05) is 12.2 Å². The summed E-state index contributed by atoms with van der Waals surface area (Å²) in [4.78, 5) is 0. The molecule has 0 bridgehead atoms. The normalized spacial score (nSPS) is 18.9. The van der Waals surface area contributed by atoms with Crippen molar-refractivity contribution in [2.24, 2.45) is 5.73 Å². The fourth-order valence-electron chi connectivity index (χ4n) is 1.18. The Bertz CT molecular complexity index is 190. The van der Waals surface area contributed by atoms with Gasteiger partial charge in [-0.05, 0) is 26.0 Å². The molecule has 0 spiro atoms. The van der Waals surface area contributed by atoms with Crippen molar-refractivity contribution in [1.82, 2.24) is 5.32 Å². The van der Waals surface area contributed by atoms with Gasteiger partial charge in [-0.1, -0.05) is 38.7 Å². The minimum Gasteiger partial charge on any atom is -0.385 e. The van der Waals surface area contributed by atoms with Crippen LogP contribution in [0, 0.1) is 0 Å². The van der Waals surface area contributed by atoms with Crippen LogP contribution in [0.1, 0.15) is 27.2 Å². The van der Waals surface area contributed by atoms with Crippen LogP contribution in [0.4, 0.5) is 0 Å². The molecule has 0 aliphatic carbocycles. The summed E-state index contributed by atoms with van der Waals surface area (Å²) in [7, 11) is 1.50. The summed E-state index contributed by atoms with van der Waals surface area (Å²) in [5.74, 6) is 0. The lowest BCUT2D eigenvalue weighted by Crippen LogP contribution is -2.02. The molecule has 1 aliphatic rings. The van der Waals surface area contributed by atoms with E-state index in [1.807, 2.05) is 26.8 Å². The maximum Gasteiger partial charge on any atom is 0.0330 e. The van der Waals surface area contributed by atoms with E-state index in [1.54, 1.807) is 0 Å². The van der Waals surface area contributed by atoms with Crippen LogP contribution in [0.5, 0.6) is 0 Å². The van der Waals surface area contributed by atoms with Gasteiger partial charge < -0.3 is 11.1 Å². The van der Waals surface area contributed by atoms with Crippen molar-refractivity contribution in [3.8, 4) is 0 Å². The SMILES string of the molecule is C=C/C=C1/CCN/C1=C/C.CC.CN. The molecule has 0 unspecified atom stereocenters. The molecule has 0 atom stereocenters. The summed E-state index contributed by atoms with van der Waals surface area (Å²) in [5, 5.41) is 3.29. The Balaban J connectivity index is 0. The first-order chi connectivity index (χ1) is 6.88. The standard InChI is InChI=1S/C9H13N.C2H6.CH5N/c1-3-5-8-6-7-10-9(8)4-2;2*1-2/h3-5,10H,1,6-7H2,2H3;1-2H3;2H2,1H3/b8-5-,9-4+;;. The zero-order valence-corrected chi connectivity index (χ0v) is 9.93. The number of rotatable bonds is 1. The lowest BCUT2D eigenvalue weighted by molar-refractivity contribution is 0.913. The summed E-state index contributed by atoms with van der Waals surface area (Å²) >= 11 is 0. The molecular formula is C12H24N2. The Morgan fingerprint density at radius 1 is 1.36 bits per heavy atom. The molecule has 82 valence electrons. The van der Waals surface area contributed by atoms with Gasteiger partial charge >= 0.3 is 0 Å². The second-order valence-electron chi connectivity index (χ2n) is 2.31. The summed E-state index contributed by atoms with van der Waals surface area (Å²) in [5.41, 5.74) is 7.14. The summed E-state index contributed by atoms with van der Waals surface area (Å²) in [6.45, 7) is 10.8. The van der Waals surface area contributed by atoms with Gasteiger partial charge in [-0.15, -0.1) is 0 Å². The second kappa shape index (κ2) is 12.0. The molecule has 0 amide bonds. The van der Waals surface area contributed by atoms with Gasteiger partial charge in [0.25, 0.3) is 0 Å². The number of hydrogen-bond donors (Lipinski definition) is 2. The van der Waals surface area contributed by atoms with Crippen LogP contribution in [-0.2, 0) is 0 Å². The minimum atomic E-state index is 1.07. The van der Waals surface area contributed by atoms with E-state index in [2.05, 4.69) is 29.8 Å². The average molecular weight is 196 g/mol. The highest BCUT2D eigenvalue weighted by molar-refractivity contribution is 5.35. The van der Waals surface area contributed by atoms with Crippen molar-refractivity contribution < 1.29 is 0 Å². The Kier molecular flexibility index (Phi) is 13.2. The maximum atomic E-state index is 4.50. The molecule has 0 aromatic carbocycles. The smallest absolute Gasteiger partial charge is 0.0330 e. The Morgan fingerprint density at radius 3 is 2.36 bits per heavy atom. The van der Waals surface area contributed by atoms with Gasteiger partial charge in [0.1, 0.15) is 0 Å². The van der Waals surface area contributed by atoms with Crippen molar-refractivity contribution in [2.75, 3.05) is 13.6 Å². The van der Waals surface area contributed by atoms with Gasteiger partial charge in [0.05, 0.1) is 0 Å². The summed E-state index contributed by atoms with van der Waals surface area (Å²) < 4.78 is 0. The molecular weight excluding hydrogens is 172 g/mol. The van der Waals surface area contributed by atoms with Gasteiger partial charge in [-0.25, -0.2) is 0 Å². The quantitative estimate of drug-likeness (QED) is 0.676. The number of hydrogen-bond acceptors (Lipinski definition) is 2. The minimum absolute atomic E-state index is 1.07. The van der Waals surface area contributed by atoms with Crippen LogP contribution >= 0.6 is 0 Å². The van der Waals surface area contributed by atoms with E-state index >= 15 is 0 Å². The third kappa shape index (κ3) is 5.60. The molecule has 1 rings (SSSR count). The number of nitrogens with two attached hydrogens (primary N) is 1. The predicted molar refractivity (Wildman–Crippen MR) is 66.1 cm³/mol. The van der Waals surface area contributed by atoms with E-state index in [0.29, 0.717) is 0 Å². The van der Waals surface area contributed by atoms with Crippen molar-refractivity contribution in [3.05, 3.63) is 36.1 Å². The molecule has 0 saturated carbocycles. The predicted octanol–water partition coefficient (Wildman–Crippen LogP) is 2.60. The highest BCUT2D eigenvalue weighted by Crippen LogP contribution is 2.16. The molecule has 0 aromatic rings. The monoisotopic (exact) mass is 196 g/mol. The van der Waals surface area contributed by atoms with Gasteiger partial charge in [0.2, 0.25) is 0 Å². The largest absolute Gasteiger partial charge is 0.385 e. The van der Waals surface area contributed by atoms with Crippen LogP contribution in [-0.4, -0.2) is 13.6 Å². The summed E-state index contributed by atoms with van der Waals surface area (Å²) in [6.07, 6.45) is 7.13. The zero-order valence-electron chi connectivity index (χ0n) is 9.93. The Morgan fingerprint density at radius 2 is 1.93 bits per heavy atom. The van der Waals surface area contributed by atoms with Crippen molar-refractivity contribution in [3.63, 3.8) is 0 Å². The molecule has 1 saturated heterocycles. The van der Waals surface area contributed by atoms with Crippen LogP contribution < -0.4 is 11.1 Å². The molecule has 14 heavy (non-hydrogen) atoms. The fraction of sp³-hybridized carbons (Fsp3) is 0.500. The average Bonchev–Trinajstić information content (AvgIpc) is 2.72. The highest BCUT2D eigenvalue weighted by Gasteiger charge is 2.09. The number of allylic oxidation sites excluding steroid dienone is 4. The Hall–Kier alpha value is -1.02. The van der Waals surface area contributed by atoms with E-state index < -0.39 is 0 Å². The van der Waals surface area contributed by atoms with Crippen molar-refractivity contribution in [2.45, 2.75) is 27.2 Å². The zero-order chi connectivity index (χ0) is 11.4. The Labute approximate surface area is 88.6 Å². The van der Waals surface area contributed by atoms with E-state index in [1.165, 1.54) is 18.3 Å². The first-order valence-electron chi connectivity index (χ1n) is 5.18. The molecule has 1 aliphatic heterocycles. The molecule has 0 radical (unpaired) electrons. The van der Waals surface area contributed by atoms with E-state index in [-0.39, 0.29) is 0 Å². The van der Waals surface area contributed by atoms with E-state index in [4.69, 9.17) is 0 Å². The fourth-order valence-corrected chi connectivity index (χ4v) is 1.18. The first kappa shape index (κ1) is 15.5. The van der Waals surface area contributed by atoms with Crippen LogP contribution in [0.25, 0.3) is 0 Å². The van der Waals surface area contributed by atoms with Gasteiger partial charge in [0.15, 0.2) is 0 Å². The molecule has 0 aromatic heterocycles. The van der Waals surface area contributed by atoms with Gasteiger partial charge in [-0.2, -0.15) is 0 Å². The summed E-state index contributed by atoms with van der Waals surface area (Å²) in [6, 6.07) is 0. The highest BCUT2D eigenvalue weighted by atomic mass is 14.9. The molecule has 1 fully saturated rings. The van der Waals surface area contributed by atoms with E-state index in [0.717, 1.165) is 13.0 Å². The molecule has 2 heteroatoms.